The molecule has 0 aliphatic carbocycles. The lowest BCUT2D eigenvalue weighted by Crippen LogP contribution is -2.44. The van der Waals surface area contributed by atoms with Crippen molar-refractivity contribution in [3.63, 3.8) is 0 Å². The number of hydrogen-bond donors (Lipinski definition) is 3. The van der Waals surface area contributed by atoms with Crippen LogP contribution in [0.5, 0.6) is 0 Å². The molecule has 68 valence electrons. The fourth-order valence-corrected chi connectivity index (χ4v) is 1.08. The number of amidine groups is 1. The van der Waals surface area contributed by atoms with E-state index in [4.69, 9.17) is 46.4 Å². The third kappa shape index (κ3) is 2.07. The summed E-state index contributed by atoms with van der Waals surface area (Å²) in [6.07, 6.45) is 1.37. The predicted molar refractivity (Wildman–Crippen MR) is 49.2 cm³/mol. The van der Waals surface area contributed by atoms with E-state index in [0.29, 0.717) is 0 Å². The summed E-state index contributed by atoms with van der Waals surface area (Å²) in [7, 11) is 0. The van der Waals surface area contributed by atoms with E-state index in [1.807, 2.05) is 0 Å². The maximum absolute atomic E-state index is 5.56. The van der Waals surface area contributed by atoms with Gasteiger partial charge in [-0.05, 0) is 0 Å². The molecule has 12 heavy (non-hydrogen) atoms. The van der Waals surface area contributed by atoms with E-state index in [1.165, 1.54) is 6.20 Å². The summed E-state index contributed by atoms with van der Waals surface area (Å²) < 4.78 is -1.60. The lowest BCUT2D eigenvalue weighted by Gasteiger charge is -2.23. The standard InChI is InChI=1S/C4H6Cl3N5/c5-4(6,7)2-1-10-12(9)11-3(2)8/h1,10H,9H2,(H2,8,11). The maximum atomic E-state index is 5.56. The highest BCUT2D eigenvalue weighted by Crippen LogP contribution is 2.34. The van der Waals surface area contributed by atoms with Gasteiger partial charge in [0.2, 0.25) is 3.79 Å². The number of rotatable bonds is 0. The van der Waals surface area contributed by atoms with Crippen molar-refractivity contribution in [3.05, 3.63) is 11.8 Å². The molecule has 5 nitrogen and oxygen atoms in total. The number of nitrogens with zero attached hydrogens (tertiary/aromatic N) is 2. The molecule has 0 atom stereocenters. The summed E-state index contributed by atoms with van der Waals surface area (Å²) >= 11 is 16.7. The Balaban J connectivity index is 2.89. The van der Waals surface area contributed by atoms with Gasteiger partial charge in [-0.15, -0.1) is 10.3 Å². The molecule has 0 saturated heterocycles. The van der Waals surface area contributed by atoms with Crippen molar-refractivity contribution < 1.29 is 0 Å². The molecule has 0 spiro atoms. The number of alkyl halides is 3. The Morgan fingerprint density at radius 2 is 2.08 bits per heavy atom. The molecule has 0 amide bonds. The molecule has 1 aliphatic rings. The average Bonchev–Trinajstić information content (AvgIpc) is 1.83. The van der Waals surface area contributed by atoms with Crippen molar-refractivity contribution in [1.82, 2.24) is 10.7 Å². The molecule has 0 saturated carbocycles. The molecule has 0 aromatic carbocycles. The lowest BCUT2D eigenvalue weighted by atomic mass is 10.3. The zero-order chi connectivity index (χ0) is 9.35. The third-order valence-electron chi connectivity index (χ3n) is 1.14. The summed E-state index contributed by atoms with van der Waals surface area (Å²) in [6.45, 7) is 0. The molecule has 0 aromatic rings. The Labute approximate surface area is 83.8 Å². The normalized spacial score (nSPS) is 18.2. The van der Waals surface area contributed by atoms with Gasteiger partial charge in [-0.3, -0.25) is 5.43 Å². The third-order valence-corrected chi connectivity index (χ3v) is 1.75. The van der Waals surface area contributed by atoms with E-state index >= 15 is 0 Å². The van der Waals surface area contributed by atoms with Crippen LogP contribution in [0.25, 0.3) is 0 Å². The van der Waals surface area contributed by atoms with Gasteiger partial charge in [-0.2, -0.15) is 0 Å². The van der Waals surface area contributed by atoms with Crippen LogP contribution in [0, 0.1) is 0 Å². The van der Waals surface area contributed by atoms with Gasteiger partial charge in [0.15, 0.2) is 5.84 Å². The first-order valence-corrected chi connectivity index (χ1v) is 3.97. The first kappa shape index (κ1) is 9.73. The summed E-state index contributed by atoms with van der Waals surface area (Å²) in [6, 6.07) is 0. The van der Waals surface area contributed by atoms with Gasteiger partial charge in [-0.1, -0.05) is 34.8 Å². The van der Waals surface area contributed by atoms with E-state index < -0.39 is 3.79 Å². The van der Waals surface area contributed by atoms with E-state index in [-0.39, 0.29) is 11.4 Å². The Kier molecular flexibility index (Phi) is 2.58. The Morgan fingerprint density at radius 1 is 1.50 bits per heavy atom. The summed E-state index contributed by atoms with van der Waals surface area (Å²) in [5, 5.41) is 4.52. The van der Waals surface area contributed by atoms with Crippen LogP contribution < -0.4 is 17.0 Å². The lowest BCUT2D eigenvalue weighted by molar-refractivity contribution is 0.235. The number of hydrogen-bond acceptors (Lipinski definition) is 5. The van der Waals surface area contributed by atoms with E-state index in [9.17, 15) is 0 Å². The van der Waals surface area contributed by atoms with Gasteiger partial charge in [0.25, 0.3) is 0 Å². The van der Waals surface area contributed by atoms with Gasteiger partial charge >= 0.3 is 0 Å². The molecule has 1 rings (SSSR count). The Morgan fingerprint density at radius 3 is 2.50 bits per heavy atom. The second-order valence-corrected chi connectivity index (χ2v) is 4.30. The fourth-order valence-electron chi connectivity index (χ4n) is 0.630. The van der Waals surface area contributed by atoms with Crippen LogP contribution >= 0.6 is 34.8 Å². The van der Waals surface area contributed by atoms with E-state index in [2.05, 4.69) is 10.5 Å². The monoisotopic (exact) mass is 229 g/mol. The van der Waals surface area contributed by atoms with Crippen molar-refractivity contribution in [1.29, 1.82) is 0 Å². The van der Waals surface area contributed by atoms with Gasteiger partial charge in [0, 0.05) is 6.20 Å². The van der Waals surface area contributed by atoms with Gasteiger partial charge < -0.3 is 5.73 Å². The minimum atomic E-state index is -1.60. The molecule has 1 aliphatic heterocycles. The minimum absolute atomic E-state index is 0.0660. The number of nitrogens with one attached hydrogen (secondary N) is 1. The predicted octanol–water partition coefficient (Wildman–Crippen LogP) is 0.207. The summed E-state index contributed by atoms with van der Waals surface area (Å²) in [5.74, 6) is 5.28. The van der Waals surface area contributed by atoms with Gasteiger partial charge in [0.05, 0.1) is 5.57 Å². The molecular weight excluding hydrogens is 224 g/mol. The SMILES string of the molecule is NC1=NN(N)NC=C1C(Cl)(Cl)Cl. The molecule has 0 aromatic heterocycles. The first-order chi connectivity index (χ1) is 5.41. The molecule has 0 fully saturated rings. The first-order valence-electron chi connectivity index (χ1n) is 2.84. The Bertz CT molecular complexity index is 242. The zero-order valence-corrected chi connectivity index (χ0v) is 8.03. The largest absolute Gasteiger partial charge is 0.382 e. The van der Waals surface area contributed by atoms with Crippen LogP contribution in [0.3, 0.4) is 0 Å². The number of hydrazone groups is 1. The highest BCUT2D eigenvalue weighted by atomic mass is 35.6. The van der Waals surface area contributed by atoms with Crippen LogP contribution in [0.15, 0.2) is 16.9 Å². The maximum Gasteiger partial charge on any atom is 0.221 e. The van der Waals surface area contributed by atoms with Crippen LogP contribution in [-0.4, -0.2) is 14.9 Å². The van der Waals surface area contributed by atoms with Crippen molar-refractivity contribution in [2.24, 2.45) is 16.7 Å². The van der Waals surface area contributed by atoms with E-state index in [1.54, 1.807) is 0 Å². The highest BCUT2D eigenvalue weighted by molar-refractivity contribution is 6.71. The number of hydrazine groups is 2. The molecule has 1 heterocycles. The molecule has 0 radical (unpaired) electrons. The van der Waals surface area contributed by atoms with Crippen molar-refractivity contribution in [3.8, 4) is 0 Å². The topological polar surface area (TPSA) is 79.7 Å². The van der Waals surface area contributed by atoms with Crippen LogP contribution in [0.4, 0.5) is 0 Å². The molecular formula is C4H6Cl3N5. The Hall–Kier alpha value is -0.360. The fraction of sp³-hybridized carbons (Fsp3) is 0.250. The van der Waals surface area contributed by atoms with Crippen molar-refractivity contribution in [2.45, 2.75) is 3.79 Å². The molecule has 8 heteroatoms. The van der Waals surface area contributed by atoms with Gasteiger partial charge in [-0.25, -0.2) is 5.84 Å². The zero-order valence-electron chi connectivity index (χ0n) is 5.76. The molecule has 0 unspecified atom stereocenters. The quantitative estimate of drug-likeness (QED) is 0.410. The molecule has 5 N–H and O–H groups in total. The summed E-state index contributed by atoms with van der Waals surface area (Å²) in [5.41, 5.74) is 8.18. The second-order valence-electron chi connectivity index (χ2n) is 2.01. The highest BCUT2D eigenvalue weighted by Gasteiger charge is 2.30. The number of halogens is 3. The van der Waals surface area contributed by atoms with Crippen LogP contribution in [-0.2, 0) is 0 Å². The van der Waals surface area contributed by atoms with Crippen molar-refractivity contribution >= 4 is 40.6 Å². The van der Waals surface area contributed by atoms with Gasteiger partial charge in [0.1, 0.15) is 0 Å². The average molecular weight is 230 g/mol. The van der Waals surface area contributed by atoms with E-state index in [0.717, 1.165) is 5.23 Å². The van der Waals surface area contributed by atoms with Crippen LogP contribution in [0.2, 0.25) is 0 Å². The molecule has 0 bridgehead atoms. The number of nitrogens with two attached hydrogens (primary N) is 2. The smallest absolute Gasteiger partial charge is 0.221 e. The van der Waals surface area contributed by atoms with Crippen molar-refractivity contribution in [2.75, 3.05) is 0 Å². The van der Waals surface area contributed by atoms with Crippen LogP contribution in [0.1, 0.15) is 0 Å². The summed E-state index contributed by atoms with van der Waals surface area (Å²) in [4.78, 5) is 0. The minimum Gasteiger partial charge on any atom is -0.382 e. The second kappa shape index (κ2) is 3.18.